The molecule has 1 fully saturated rings. The Bertz CT molecular complexity index is 830. The fourth-order valence-corrected chi connectivity index (χ4v) is 3.14. The van der Waals surface area contributed by atoms with Crippen LogP contribution in [0.4, 0.5) is 5.95 Å². The summed E-state index contributed by atoms with van der Waals surface area (Å²) in [7, 11) is 0. The van der Waals surface area contributed by atoms with E-state index in [1.165, 1.54) is 17.2 Å². The van der Waals surface area contributed by atoms with Crippen LogP contribution in [0.3, 0.4) is 0 Å². The Balaban J connectivity index is 0.00000210. The SMILES string of the molecule is Cc1ccc(CN2CC[C@@H](Nc3ncc(/C=C/C(=O)NO)c(C)n3)C2)cc1.Cl.Cl. The Hall–Kier alpha value is -2.19. The standard InChI is InChI=1S/C20H25N5O2.2ClH/c1-14-3-5-16(6-4-14)12-25-10-9-18(13-25)23-20-21-11-17(15(2)22-20)7-8-19(26)24-27;;/h3-8,11,18,27H,9-10,12-13H2,1-2H3,(H,24,26)(H,21,22,23);2*1H/b8-7+;;/t18-;;/m1../s1. The van der Waals surface area contributed by atoms with Crippen LogP contribution < -0.4 is 10.8 Å². The van der Waals surface area contributed by atoms with E-state index in [9.17, 15) is 4.79 Å². The Morgan fingerprint density at radius 1 is 1.28 bits per heavy atom. The summed E-state index contributed by atoms with van der Waals surface area (Å²) >= 11 is 0. The molecule has 1 atom stereocenters. The molecule has 1 saturated heterocycles. The average molecular weight is 440 g/mol. The van der Waals surface area contributed by atoms with Gasteiger partial charge in [-0.2, -0.15) is 0 Å². The van der Waals surface area contributed by atoms with Gasteiger partial charge in [-0.1, -0.05) is 29.8 Å². The molecule has 3 N–H and O–H groups in total. The lowest BCUT2D eigenvalue weighted by molar-refractivity contribution is -0.124. The molecule has 2 aromatic rings. The smallest absolute Gasteiger partial charge is 0.267 e. The van der Waals surface area contributed by atoms with Crippen molar-refractivity contribution < 1.29 is 10.0 Å². The number of nitrogens with one attached hydrogen (secondary N) is 2. The van der Waals surface area contributed by atoms with Gasteiger partial charge in [-0.25, -0.2) is 15.4 Å². The fraction of sp³-hybridized carbons (Fsp3) is 0.350. The summed E-state index contributed by atoms with van der Waals surface area (Å²) in [5.41, 5.74) is 5.67. The highest BCUT2D eigenvalue weighted by Gasteiger charge is 2.23. The monoisotopic (exact) mass is 439 g/mol. The maximum atomic E-state index is 11.1. The summed E-state index contributed by atoms with van der Waals surface area (Å²) in [6.07, 6.45) is 5.53. The van der Waals surface area contributed by atoms with Crippen molar-refractivity contribution in [3.05, 3.63) is 58.9 Å². The van der Waals surface area contributed by atoms with Gasteiger partial charge in [0, 0.05) is 43.5 Å². The third kappa shape index (κ3) is 7.29. The van der Waals surface area contributed by atoms with Gasteiger partial charge in [0.05, 0.1) is 5.69 Å². The van der Waals surface area contributed by atoms with Crippen molar-refractivity contribution in [1.29, 1.82) is 0 Å². The molecule has 29 heavy (non-hydrogen) atoms. The number of anilines is 1. The number of carbonyl (C=O) groups is 1. The van der Waals surface area contributed by atoms with E-state index in [4.69, 9.17) is 5.21 Å². The lowest BCUT2D eigenvalue weighted by Crippen LogP contribution is -2.26. The van der Waals surface area contributed by atoms with Crippen molar-refractivity contribution in [3.8, 4) is 0 Å². The van der Waals surface area contributed by atoms with Gasteiger partial charge in [-0.15, -0.1) is 24.8 Å². The molecule has 9 heteroatoms. The van der Waals surface area contributed by atoms with E-state index in [0.717, 1.165) is 37.3 Å². The van der Waals surface area contributed by atoms with Crippen LogP contribution in [0.25, 0.3) is 6.08 Å². The molecule has 0 saturated carbocycles. The second-order valence-corrected chi connectivity index (χ2v) is 6.89. The Morgan fingerprint density at radius 3 is 2.66 bits per heavy atom. The van der Waals surface area contributed by atoms with E-state index in [-0.39, 0.29) is 24.8 Å². The molecule has 0 unspecified atom stereocenters. The zero-order chi connectivity index (χ0) is 19.2. The zero-order valence-corrected chi connectivity index (χ0v) is 18.1. The van der Waals surface area contributed by atoms with Gasteiger partial charge in [-0.05, 0) is 31.9 Å². The zero-order valence-electron chi connectivity index (χ0n) is 16.5. The van der Waals surface area contributed by atoms with Gasteiger partial charge in [0.2, 0.25) is 5.95 Å². The number of nitrogens with zero attached hydrogens (tertiary/aromatic N) is 3. The quantitative estimate of drug-likeness (QED) is 0.363. The topological polar surface area (TPSA) is 90.4 Å². The van der Waals surface area contributed by atoms with Crippen LogP contribution in [-0.4, -0.2) is 45.1 Å². The van der Waals surface area contributed by atoms with Gasteiger partial charge >= 0.3 is 0 Å². The number of halogens is 2. The number of aryl methyl sites for hydroxylation is 2. The van der Waals surface area contributed by atoms with E-state index in [0.29, 0.717) is 12.0 Å². The molecule has 1 aliphatic heterocycles. The van der Waals surface area contributed by atoms with Crippen LogP contribution in [0, 0.1) is 13.8 Å². The molecule has 2 heterocycles. The predicted molar refractivity (Wildman–Crippen MR) is 119 cm³/mol. The predicted octanol–water partition coefficient (Wildman–Crippen LogP) is 3.14. The van der Waals surface area contributed by atoms with E-state index in [2.05, 4.69) is 51.4 Å². The summed E-state index contributed by atoms with van der Waals surface area (Å²) in [5.74, 6) is 0.00895. The minimum absolute atomic E-state index is 0. The highest BCUT2D eigenvalue weighted by molar-refractivity contribution is 5.90. The van der Waals surface area contributed by atoms with Gasteiger partial charge in [0.25, 0.3) is 5.91 Å². The van der Waals surface area contributed by atoms with Crippen molar-refractivity contribution in [2.45, 2.75) is 32.9 Å². The number of hydroxylamine groups is 1. The number of likely N-dealkylation sites (tertiary alicyclic amines) is 1. The van der Waals surface area contributed by atoms with Crippen molar-refractivity contribution in [2.24, 2.45) is 0 Å². The minimum Gasteiger partial charge on any atom is -0.350 e. The molecule has 158 valence electrons. The number of carbonyl (C=O) groups excluding carboxylic acids is 1. The molecule has 1 aromatic heterocycles. The molecule has 1 amide bonds. The Kier molecular flexibility index (Phi) is 10.0. The third-order valence-corrected chi connectivity index (χ3v) is 4.67. The fourth-order valence-electron chi connectivity index (χ4n) is 3.14. The number of benzene rings is 1. The van der Waals surface area contributed by atoms with Crippen molar-refractivity contribution in [2.75, 3.05) is 18.4 Å². The van der Waals surface area contributed by atoms with Gasteiger partial charge in [0.1, 0.15) is 0 Å². The lowest BCUT2D eigenvalue weighted by atomic mass is 10.1. The van der Waals surface area contributed by atoms with Crippen LogP contribution in [0.15, 0.2) is 36.5 Å². The van der Waals surface area contributed by atoms with Crippen LogP contribution in [0.1, 0.15) is 28.8 Å². The average Bonchev–Trinajstić information content (AvgIpc) is 3.09. The first-order chi connectivity index (χ1) is 13.0. The first-order valence-electron chi connectivity index (χ1n) is 9.03. The number of hydrogen-bond acceptors (Lipinski definition) is 6. The molecule has 0 bridgehead atoms. The van der Waals surface area contributed by atoms with Crippen LogP contribution in [-0.2, 0) is 11.3 Å². The summed E-state index contributed by atoms with van der Waals surface area (Å²) < 4.78 is 0. The first kappa shape index (κ1) is 24.8. The first-order valence-corrected chi connectivity index (χ1v) is 9.03. The summed E-state index contributed by atoms with van der Waals surface area (Å²) in [6.45, 7) is 6.91. The van der Waals surface area contributed by atoms with Crippen molar-refractivity contribution >= 4 is 42.7 Å². The van der Waals surface area contributed by atoms with Crippen LogP contribution in [0.5, 0.6) is 0 Å². The summed E-state index contributed by atoms with van der Waals surface area (Å²) in [5, 5.41) is 11.9. The maximum absolute atomic E-state index is 11.1. The van der Waals surface area contributed by atoms with E-state index in [1.807, 2.05) is 6.92 Å². The molecule has 3 rings (SSSR count). The highest BCUT2D eigenvalue weighted by Crippen LogP contribution is 2.17. The number of hydrogen-bond donors (Lipinski definition) is 3. The molecule has 0 aliphatic carbocycles. The number of amides is 1. The Labute approximate surface area is 183 Å². The largest absolute Gasteiger partial charge is 0.350 e. The molecule has 1 aromatic carbocycles. The van der Waals surface area contributed by atoms with E-state index >= 15 is 0 Å². The number of aromatic nitrogens is 2. The lowest BCUT2D eigenvalue weighted by Gasteiger charge is -2.17. The van der Waals surface area contributed by atoms with Crippen molar-refractivity contribution in [3.63, 3.8) is 0 Å². The Morgan fingerprint density at radius 2 is 2.00 bits per heavy atom. The number of rotatable bonds is 6. The van der Waals surface area contributed by atoms with Gasteiger partial charge in [-0.3, -0.25) is 14.9 Å². The molecule has 7 nitrogen and oxygen atoms in total. The molecule has 1 aliphatic rings. The normalized spacial score (nSPS) is 16.2. The molecular formula is C20H27Cl2N5O2. The van der Waals surface area contributed by atoms with E-state index < -0.39 is 5.91 Å². The van der Waals surface area contributed by atoms with Crippen molar-refractivity contribution in [1.82, 2.24) is 20.3 Å². The second kappa shape index (κ2) is 11.7. The van der Waals surface area contributed by atoms with Gasteiger partial charge < -0.3 is 5.32 Å². The molecule has 0 radical (unpaired) electrons. The highest BCUT2D eigenvalue weighted by atomic mass is 35.5. The van der Waals surface area contributed by atoms with Crippen LogP contribution >= 0.6 is 24.8 Å². The summed E-state index contributed by atoms with van der Waals surface area (Å²) in [4.78, 5) is 22.3. The van der Waals surface area contributed by atoms with E-state index in [1.54, 1.807) is 17.8 Å². The molecule has 0 spiro atoms. The minimum atomic E-state index is -0.587. The van der Waals surface area contributed by atoms with Crippen LogP contribution in [0.2, 0.25) is 0 Å². The molecular weight excluding hydrogens is 413 g/mol. The second-order valence-electron chi connectivity index (χ2n) is 6.89. The summed E-state index contributed by atoms with van der Waals surface area (Å²) in [6, 6.07) is 8.99. The third-order valence-electron chi connectivity index (χ3n) is 4.67. The maximum Gasteiger partial charge on any atom is 0.267 e. The van der Waals surface area contributed by atoms with Gasteiger partial charge in [0.15, 0.2) is 0 Å².